The van der Waals surface area contributed by atoms with Crippen LogP contribution in [0.5, 0.6) is 0 Å². The molecular formula is C20H24N4O5S. The van der Waals surface area contributed by atoms with Gasteiger partial charge < -0.3 is 9.64 Å². The van der Waals surface area contributed by atoms with Crippen molar-refractivity contribution in [3.05, 3.63) is 47.3 Å². The average molecular weight is 433 g/mol. The quantitative estimate of drug-likeness (QED) is 0.672. The predicted octanol–water partition coefficient (Wildman–Crippen LogP) is 1.15. The smallest absolute Gasteiger partial charge is 0.337 e. The number of amides is 1. The number of carbonyl (C=O) groups is 2. The monoisotopic (exact) mass is 432 g/mol. The molecule has 3 heterocycles. The summed E-state index contributed by atoms with van der Waals surface area (Å²) >= 11 is 0. The zero-order valence-electron chi connectivity index (χ0n) is 16.8. The summed E-state index contributed by atoms with van der Waals surface area (Å²) in [7, 11) is -2.43. The van der Waals surface area contributed by atoms with Gasteiger partial charge in [0.05, 0.1) is 17.6 Å². The van der Waals surface area contributed by atoms with E-state index >= 15 is 0 Å². The van der Waals surface area contributed by atoms with E-state index in [4.69, 9.17) is 0 Å². The van der Waals surface area contributed by atoms with Crippen molar-refractivity contribution in [3.63, 3.8) is 0 Å². The maximum Gasteiger partial charge on any atom is 0.337 e. The van der Waals surface area contributed by atoms with Crippen molar-refractivity contribution >= 4 is 21.9 Å². The van der Waals surface area contributed by atoms with Crippen LogP contribution in [-0.4, -0.2) is 72.6 Å². The number of hydrogen-bond donors (Lipinski definition) is 0. The van der Waals surface area contributed by atoms with Crippen LogP contribution in [0.4, 0.5) is 0 Å². The van der Waals surface area contributed by atoms with Crippen LogP contribution in [0.15, 0.2) is 35.2 Å². The van der Waals surface area contributed by atoms with Gasteiger partial charge in [-0.05, 0) is 49.6 Å². The normalized spacial score (nSPS) is 17.4. The van der Waals surface area contributed by atoms with Crippen LogP contribution in [0.25, 0.3) is 0 Å². The molecule has 1 amide bonds. The molecule has 10 heteroatoms. The van der Waals surface area contributed by atoms with Crippen LogP contribution in [0, 0.1) is 0 Å². The van der Waals surface area contributed by atoms with Gasteiger partial charge in [-0.1, -0.05) is 0 Å². The lowest BCUT2D eigenvalue weighted by Crippen LogP contribution is -2.50. The van der Waals surface area contributed by atoms with Crippen molar-refractivity contribution in [1.29, 1.82) is 0 Å². The molecule has 0 N–H and O–H groups in total. The lowest BCUT2D eigenvalue weighted by molar-refractivity contribution is 0.0600. The Hall–Kier alpha value is -2.72. The van der Waals surface area contributed by atoms with Crippen LogP contribution >= 0.6 is 0 Å². The first-order valence-electron chi connectivity index (χ1n) is 9.94. The fraction of sp³-hybridized carbons (Fsp3) is 0.450. The van der Waals surface area contributed by atoms with E-state index in [-0.39, 0.29) is 29.5 Å². The number of ether oxygens (including phenoxy) is 1. The molecule has 2 aliphatic heterocycles. The van der Waals surface area contributed by atoms with Gasteiger partial charge in [0.1, 0.15) is 0 Å². The van der Waals surface area contributed by atoms with Crippen LogP contribution in [0.3, 0.4) is 0 Å². The summed E-state index contributed by atoms with van der Waals surface area (Å²) in [6.07, 6.45) is 3.11. The first-order valence-corrected chi connectivity index (χ1v) is 11.4. The van der Waals surface area contributed by atoms with Crippen molar-refractivity contribution < 1.29 is 22.7 Å². The molecule has 9 nitrogen and oxygen atoms in total. The molecule has 0 unspecified atom stereocenters. The molecular weight excluding hydrogens is 408 g/mol. The molecule has 0 saturated carbocycles. The van der Waals surface area contributed by atoms with Crippen molar-refractivity contribution in [2.45, 2.75) is 30.7 Å². The Balaban J connectivity index is 1.41. The Bertz CT molecular complexity index is 1030. The van der Waals surface area contributed by atoms with E-state index in [1.807, 2.05) is 10.7 Å². The number of nitrogens with zero attached hydrogens (tertiary/aromatic N) is 4. The zero-order valence-corrected chi connectivity index (χ0v) is 17.6. The second-order valence-corrected chi connectivity index (χ2v) is 9.35. The molecule has 160 valence electrons. The standard InChI is InChI=1S/C20H24N4O5S/c1-29-20(26)15-5-7-17(8-6-15)30(27,28)23-12-10-22(11-13-23)19(25)18-14-16-4-2-3-9-24(16)21-18/h5-8,14H,2-4,9-13H2,1H3. The first kappa shape index (κ1) is 20.5. The van der Waals surface area contributed by atoms with Gasteiger partial charge in [-0.25, -0.2) is 13.2 Å². The molecule has 0 radical (unpaired) electrons. The molecule has 0 bridgehead atoms. The van der Waals surface area contributed by atoms with E-state index in [0.717, 1.165) is 31.5 Å². The molecule has 2 aliphatic rings. The number of rotatable bonds is 4. The Morgan fingerprint density at radius 2 is 1.70 bits per heavy atom. The van der Waals surface area contributed by atoms with E-state index in [2.05, 4.69) is 9.84 Å². The summed E-state index contributed by atoms with van der Waals surface area (Å²) in [6.45, 7) is 1.87. The third-order valence-electron chi connectivity index (χ3n) is 5.57. The second kappa shape index (κ2) is 8.19. The molecule has 1 aromatic heterocycles. The van der Waals surface area contributed by atoms with Gasteiger partial charge in [0, 0.05) is 38.4 Å². The lowest BCUT2D eigenvalue weighted by Gasteiger charge is -2.33. The van der Waals surface area contributed by atoms with Gasteiger partial charge in [0.2, 0.25) is 10.0 Å². The van der Waals surface area contributed by atoms with Gasteiger partial charge in [-0.15, -0.1) is 0 Å². The summed E-state index contributed by atoms with van der Waals surface area (Å²) < 4.78 is 33.7. The molecule has 4 rings (SSSR count). The van der Waals surface area contributed by atoms with Crippen molar-refractivity contribution in [2.75, 3.05) is 33.3 Å². The van der Waals surface area contributed by atoms with Crippen molar-refractivity contribution in [2.24, 2.45) is 0 Å². The summed E-state index contributed by atoms with van der Waals surface area (Å²) in [6, 6.07) is 7.51. The minimum absolute atomic E-state index is 0.108. The first-order chi connectivity index (χ1) is 14.4. The lowest BCUT2D eigenvalue weighted by atomic mass is 10.1. The highest BCUT2D eigenvalue weighted by atomic mass is 32.2. The summed E-state index contributed by atoms with van der Waals surface area (Å²) in [4.78, 5) is 26.1. The molecule has 30 heavy (non-hydrogen) atoms. The molecule has 2 aromatic rings. The highest BCUT2D eigenvalue weighted by molar-refractivity contribution is 7.89. The van der Waals surface area contributed by atoms with E-state index in [1.54, 1.807) is 4.90 Å². The fourth-order valence-electron chi connectivity index (χ4n) is 3.85. The zero-order chi connectivity index (χ0) is 21.3. The van der Waals surface area contributed by atoms with E-state index < -0.39 is 16.0 Å². The minimum Gasteiger partial charge on any atom is -0.465 e. The number of benzene rings is 1. The number of piperazine rings is 1. The molecule has 1 fully saturated rings. The highest BCUT2D eigenvalue weighted by Gasteiger charge is 2.31. The SMILES string of the molecule is COC(=O)c1ccc(S(=O)(=O)N2CCN(C(=O)c3cc4n(n3)CCCC4)CC2)cc1. The number of carbonyl (C=O) groups excluding carboxylic acids is 2. The molecule has 1 saturated heterocycles. The number of hydrogen-bond acceptors (Lipinski definition) is 6. The molecule has 0 atom stereocenters. The number of aromatic nitrogens is 2. The van der Waals surface area contributed by atoms with Gasteiger partial charge in [0.25, 0.3) is 5.91 Å². The minimum atomic E-state index is -3.70. The fourth-order valence-corrected chi connectivity index (χ4v) is 5.27. The topological polar surface area (TPSA) is 102 Å². The second-order valence-electron chi connectivity index (χ2n) is 7.41. The Morgan fingerprint density at radius 1 is 1.00 bits per heavy atom. The van der Waals surface area contributed by atoms with Gasteiger partial charge in [0.15, 0.2) is 5.69 Å². The third-order valence-corrected chi connectivity index (χ3v) is 7.49. The van der Waals surface area contributed by atoms with E-state index in [9.17, 15) is 18.0 Å². The van der Waals surface area contributed by atoms with Crippen molar-refractivity contribution in [3.8, 4) is 0 Å². The summed E-state index contributed by atoms with van der Waals surface area (Å²) in [5, 5.41) is 4.43. The van der Waals surface area contributed by atoms with Gasteiger partial charge in [-0.3, -0.25) is 9.48 Å². The van der Waals surface area contributed by atoms with Gasteiger partial charge in [-0.2, -0.15) is 9.40 Å². The Kier molecular flexibility index (Phi) is 5.61. The predicted molar refractivity (Wildman–Crippen MR) is 108 cm³/mol. The number of esters is 1. The maximum atomic E-state index is 12.9. The Morgan fingerprint density at radius 3 is 2.33 bits per heavy atom. The number of methoxy groups -OCH3 is 1. The largest absolute Gasteiger partial charge is 0.465 e. The molecule has 0 spiro atoms. The third kappa shape index (κ3) is 3.84. The summed E-state index contributed by atoms with van der Waals surface area (Å²) in [5.74, 6) is -0.677. The van der Waals surface area contributed by atoms with Gasteiger partial charge >= 0.3 is 5.97 Å². The van der Waals surface area contributed by atoms with Crippen LogP contribution in [0.1, 0.15) is 39.4 Å². The number of aryl methyl sites for hydroxylation is 2. The number of sulfonamides is 1. The molecule has 0 aliphatic carbocycles. The van der Waals surface area contributed by atoms with E-state index in [1.165, 1.54) is 35.7 Å². The van der Waals surface area contributed by atoms with E-state index in [0.29, 0.717) is 18.8 Å². The average Bonchev–Trinajstić information content (AvgIpc) is 3.22. The van der Waals surface area contributed by atoms with Crippen LogP contribution in [-0.2, 0) is 27.7 Å². The van der Waals surface area contributed by atoms with Crippen LogP contribution in [0.2, 0.25) is 0 Å². The van der Waals surface area contributed by atoms with Crippen LogP contribution < -0.4 is 0 Å². The molecule has 1 aromatic carbocycles. The highest BCUT2D eigenvalue weighted by Crippen LogP contribution is 2.20. The maximum absolute atomic E-state index is 12.9. The number of fused-ring (bicyclic) bond motifs is 1. The Labute approximate surface area is 175 Å². The van der Waals surface area contributed by atoms with Crippen molar-refractivity contribution in [1.82, 2.24) is 19.0 Å². The summed E-state index contributed by atoms with van der Waals surface area (Å²) in [5.41, 5.74) is 1.80.